The number of hydrogen-bond donors (Lipinski definition) is 2. The van der Waals surface area contributed by atoms with E-state index in [9.17, 15) is 0 Å². The Hall–Kier alpha value is -2.48. The smallest absolute Gasteiger partial charge is 0.138 e. The summed E-state index contributed by atoms with van der Waals surface area (Å²) in [5.41, 5.74) is 10.6. The second kappa shape index (κ2) is 9.98. The molecular formula is C25H35N7. The average Bonchev–Trinajstić information content (AvgIpc) is 3.26. The molecule has 1 aliphatic heterocycles. The first kappa shape index (κ1) is 21.4. The summed E-state index contributed by atoms with van der Waals surface area (Å²) in [6.07, 6.45) is 9.86. The molecule has 170 valence electrons. The molecule has 3 aromatic heterocycles. The van der Waals surface area contributed by atoms with Crippen molar-refractivity contribution in [1.82, 2.24) is 24.6 Å². The average molecular weight is 434 g/mol. The number of aromatic nitrogens is 3. The minimum atomic E-state index is 0.357. The Morgan fingerprint density at radius 1 is 1.12 bits per heavy atom. The van der Waals surface area contributed by atoms with Crippen LogP contribution in [0.1, 0.15) is 48.7 Å². The van der Waals surface area contributed by atoms with Crippen molar-refractivity contribution in [3.8, 4) is 0 Å². The molecule has 5 rings (SSSR count). The van der Waals surface area contributed by atoms with E-state index >= 15 is 0 Å². The first-order chi connectivity index (χ1) is 15.8. The van der Waals surface area contributed by atoms with Crippen LogP contribution in [-0.2, 0) is 13.0 Å². The van der Waals surface area contributed by atoms with Crippen LogP contribution in [0.15, 0.2) is 42.7 Å². The van der Waals surface area contributed by atoms with Crippen molar-refractivity contribution in [3.63, 3.8) is 0 Å². The van der Waals surface area contributed by atoms with Crippen molar-refractivity contribution in [2.75, 3.05) is 44.2 Å². The molecule has 1 saturated heterocycles. The second-order valence-corrected chi connectivity index (χ2v) is 9.00. The van der Waals surface area contributed by atoms with Crippen LogP contribution in [0.2, 0.25) is 0 Å². The highest BCUT2D eigenvalue weighted by molar-refractivity contribution is 5.53. The monoisotopic (exact) mass is 433 g/mol. The third-order valence-corrected chi connectivity index (χ3v) is 6.83. The van der Waals surface area contributed by atoms with E-state index in [2.05, 4.69) is 56.0 Å². The van der Waals surface area contributed by atoms with Gasteiger partial charge < -0.3 is 16.0 Å². The molecule has 7 nitrogen and oxygen atoms in total. The summed E-state index contributed by atoms with van der Waals surface area (Å²) < 4.78 is 2.27. The van der Waals surface area contributed by atoms with Gasteiger partial charge in [-0.15, -0.1) is 0 Å². The van der Waals surface area contributed by atoms with Crippen molar-refractivity contribution in [2.24, 2.45) is 5.73 Å². The van der Waals surface area contributed by atoms with Crippen LogP contribution in [0, 0.1) is 0 Å². The fourth-order valence-corrected chi connectivity index (χ4v) is 5.23. The lowest BCUT2D eigenvalue weighted by molar-refractivity contribution is 0.161. The Bertz CT molecular complexity index is 1020. The minimum absolute atomic E-state index is 0.357. The fourth-order valence-electron chi connectivity index (χ4n) is 5.23. The van der Waals surface area contributed by atoms with Crippen LogP contribution >= 0.6 is 0 Å². The number of pyridine rings is 2. The summed E-state index contributed by atoms with van der Waals surface area (Å²) >= 11 is 0. The lowest BCUT2D eigenvalue weighted by atomic mass is 9.90. The molecule has 7 heteroatoms. The highest BCUT2D eigenvalue weighted by Gasteiger charge is 2.27. The van der Waals surface area contributed by atoms with Gasteiger partial charge in [0, 0.05) is 45.1 Å². The molecule has 1 atom stereocenters. The van der Waals surface area contributed by atoms with Crippen molar-refractivity contribution < 1.29 is 0 Å². The number of nitrogens with two attached hydrogens (primary N) is 1. The first-order valence-corrected chi connectivity index (χ1v) is 12.1. The van der Waals surface area contributed by atoms with E-state index in [0.717, 1.165) is 82.8 Å². The largest absolute Gasteiger partial charge is 0.355 e. The Kier molecular flexibility index (Phi) is 6.67. The number of anilines is 1. The van der Waals surface area contributed by atoms with Gasteiger partial charge in [0.05, 0.1) is 17.4 Å². The third kappa shape index (κ3) is 4.51. The van der Waals surface area contributed by atoms with Crippen LogP contribution < -0.4 is 16.0 Å². The summed E-state index contributed by atoms with van der Waals surface area (Å²) in [5.74, 6) is 1.24. The molecule has 0 aromatic carbocycles. The summed E-state index contributed by atoms with van der Waals surface area (Å²) in [4.78, 5) is 14.9. The van der Waals surface area contributed by atoms with Crippen molar-refractivity contribution >= 4 is 11.5 Å². The number of imidazole rings is 1. The zero-order valence-corrected chi connectivity index (χ0v) is 18.9. The number of rotatable bonds is 8. The molecule has 1 aliphatic carbocycles. The summed E-state index contributed by atoms with van der Waals surface area (Å²) in [7, 11) is 0. The number of fused-ring (bicyclic) bond motifs is 2. The van der Waals surface area contributed by atoms with Gasteiger partial charge >= 0.3 is 0 Å². The molecule has 4 heterocycles. The lowest BCUT2D eigenvalue weighted by Crippen LogP contribution is -2.44. The quantitative estimate of drug-likeness (QED) is 0.532. The predicted octanol–water partition coefficient (Wildman–Crippen LogP) is 2.76. The Morgan fingerprint density at radius 2 is 2.03 bits per heavy atom. The summed E-state index contributed by atoms with van der Waals surface area (Å²) in [5, 5.41) is 3.44. The van der Waals surface area contributed by atoms with Crippen LogP contribution in [-0.4, -0.2) is 58.5 Å². The molecule has 1 fully saturated rings. The highest BCUT2D eigenvalue weighted by atomic mass is 15.3. The topological polar surface area (TPSA) is 74.7 Å². The van der Waals surface area contributed by atoms with Gasteiger partial charge in [0.15, 0.2) is 0 Å². The Morgan fingerprint density at radius 3 is 2.91 bits per heavy atom. The Balaban J connectivity index is 1.42. The number of nitrogens with one attached hydrogen (secondary N) is 1. The highest BCUT2D eigenvalue weighted by Crippen LogP contribution is 2.34. The minimum Gasteiger partial charge on any atom is -0.355 e. The number of aryl methyl sites for hydroxylation is 1. The van der Waals surface area contributed by atoms with E-state index < -0.39 is 0 Å². The van der Waals surface area contributed by atoms with E-state index in [-0.39, 0.29) is 0 Å². The molecule has 2 aliphatic rings. The van der Waals surface area contributed by atoms with Gasteiger partial charge in [0.1, 0.15) is 11.5 Å². The van der Waals surface area contributed by atoms with E-state index in [1.807, 2.05) is 6.20 Å². The molecule has 0 amide bonds. The maximum Gasteiger partial charge on any atom is 0.138 e. The maximum atomic E-state index is 5.81. The van der Waals surface area contributed by atoms with Crippen LogP contribution in [0.3, 0.4) is 0 Å². The van der Waals surface area contributed by atoms with Gasteiger partial charge in [0.25, 0.3) is 0 Å². The normalized spacial score (nSPS) is 18.9. The number of hydrogen-bond acceptors (Lipinski definition) is 6. The molecule has 3 aromatic rings. The molecule has 0 spiro atoms. The Labute approximate surface area is 190 Å². The molecule has 0 bridgehead atoms. The number of piperazine rings is 1. The lowest BCUT2D eigenvalue weighted by Gasteiger charge is -2.34. The number of nitrogens with zero attached hydrogens (tertiary/aromatic N) is 5. The zero-order valence-electron chi connectivity index (χ0n) is 18.9. The van der Waals surface area contributed by atoms with E-state index in [0.29, 0.717) is 6.04 Å². The van der Waals surface area contributed by atoms with E-state index in [4.69, 9.17) is 15.7 Å². The fraction of sp³-hybridized carbons (Fsp3) is 0.520. The van der Waals surface area contributed by atoms with Gasteiger partial charge in [0.2, 0.25) is 0 Å². The molecular weight excluding hydrogens is 398 g/mol. The zero-order chi connectivity index (χ0) is 21.8. The predicted molar refractivity (Wildman–Crippen MR) is 129 cm³/mol. The van der Waals surface area contributed by atoms with E-state index in [1.54, 1.807) is 0 Å². The van der Waals surface area contributed by atoms with Crippen molar-refractivity contribution in [2.45, 2.75) is 44.7 Å². The van der Waals surface area contributed by atoms with Gasteiger partial charge in [-0.2, -0.15) is 0 Å². The van der Waals surface area contributed by atoms with Gasteiger partial charge in [-0.25, -0.2) is 4.98 Å². The SMILES string of the molecule is NCCCCN(Cc1cn2c(N3CCNCC3)cccc2n1)C1CCCc2cccnc21. The van der Waals surface area contributed by atoms with E-state index in [1.165, 1.54) is 23.5 Å². The summed E-state index contributed by atoms with van der Waals surface area (Å²) in [6, 6.07) is 11.1. The maximum absolute atomic E-state index is 5.81. The standard InChI is InChI=1S/C25H35N7/c26-11-1-2-15-31(22-8-3-6-20-7-5-12-28-25(20)22)18-21-19-32-23(29-21)9-4-10-24(32)30-16-13-27-14-17-30/h4-5,7,9-10,12,19,22,27H,1-3,6,8,11,13-18,26H2. The first-order valence-electron chi connectivity index (χ1n) is 12.1. The number of unbranched alkanes of at least 4 members (excludes halogenated alkanes) is 1. The molecule has 0 radical (unpaired) electrons. The van der Waals surface area contributed by atoms with Gasteiger partial charge in [-0.3, -0.25) is 14.3 Å². The molecule has 3 N–H and O–H groups in total. The molecule has 1 unspecified atom stereocenters. The van der Waals surface area contributed by atoms with Gasteiger partial charge in [-0.1, -0.05) is 12.1 Å². The van der Waals surface area contributed by atoms with Crippen LogP contribution in [0.25, 0.3) is 5.65 Å². The van der Waals surface area contributed by atoms with Crippen LogP contribution in [0.5, 0.6) is 0 Å². The van der Waals surface area contributed by atoms with Crippen molar-refractivity contribution in [3.05, 3.63) is 59.7 Å². The second-order valence-electron chi connectivity index (χ2n) is 9.00. The molecule has 32 heavy (non-hydrogen) atoms. The summed E-state index contributed by atoms with van der Waals surface area (Å²) in [6.45, 7) is 6.73. The van der Waals surface area contributed by atoms with Crippen LogP contribution in [0.4, 0.5) is 5.82 Å². The van der Waals surface area contributed by atoms with Gasteiger partial charge in [-0.05, 0) is 69.0 Å². The van der Waals surface area contributed by atoms with Crippen molar-refractivity contribution in [1.29, 1.82) is 0 Å². The third-order valence-electron chi connectivity index (χ3n) is 6.83. The molecule has 0 saturated carbocycles.